The summed E-state index contributed by atoms with van der Waals surface area (Å²) in [6.45, 7) is 5.92. The molecule has 1 aromatic rings. The molecule has 0 saturated carbocycles. The molecule has 0 bridgehead atoms. The molecule has 1 amide bonds. The first-order valence-electron chi connectivity index (χ1n) is 6.55. The third-order valence-corrected chi connectivity index (χ3v) is 4.38. The van der Waals surface area contributed by atoms with Crippen molar-refractivity contribution < 1.29 is 4.79 Å². The van der Waals surface area contributed by atoms with Crippen molar-refractivity contribution in [2.75, 3.05) is 18.4 Å². The number of carbonyl (C=O) groups excluding carboxylic acids is 1. The Morgan fingerprint density at radius 1 is 1.44 bits per heavy atom. The maximum Gasteiger partial charge on any atom is 0.254 e. The SMILES string of the molecule is Cc1cccc(C(=O)N2CCC(CCBr)C2)c1C. The number of hydrogen-bond acceptors (Lipinski definition) is 1. The fourth-order valence-corrected chi connectivity index (χ4v) is 3.21. The molecule has 1 aromatic carbocycles. The molecule has 0 spiro atoms. The lowest BCUT2D eigenvalue weighted by molar-refractivity contribution is 0.0786. The van der Waals surface area contributed by atoms with Gasteiger partial charge < -0.3 is 4.90 Å². The Hall–Kier alpha value is -0.830. The van der Waals surface area contributed by atoms with Crippen LogP contribution in [0.1, 0.15) is 34.3 Å². The summed E-state index contributed by atoms with van der Waals surface area (Å²) in [5.74, 6) is 0.867. The van der Waals surface area contributed by atoms with Crippen molar-refractivity contribution in [1.82, 2.24) is 4.90 Å². The van der Waals surface area contributed by atoms with E-state index in [0.29, 0.717) is 5.92 Å². The number of rotatable bonds is 3. The molecule has 0 aliphatic carbocycles. The standard InChI is InChI=1S/C15H20BrNO/c1-11-4-3-5-14(12(11)2)15(18)17-9-7-13(10-17)6-8-16/h3-5,13H,6-10H2,1-2H3. The van der Waals surface area contributed by atoms with Gasteiger partial charge in [-0.2, -0.15) is 0 Å². The van der Waals surface area contributed by atoms with Crippen LogP contribution in [0.15, 0.2) is 18.2 Å². The van der Waals surface area contributed by atoms with Gasteiger partial charge in [-0.25, -0.2) is 0 Å². The highest BCUT2D eigenvalue weighted by Crippen LogP contribution is 2.23. The normalized spacial score (nSPS) is 19.3. The van der Waals surface area contributed by atoms with Crippen LogP contribution >= 0.6 is 15.9 Å². The number of carbonyl (C=O) groups is 1. The van der Waals surface area contributed by atoms with E-state index in [4.69, 9.17) is 0 Å². The first-order valence-corrected chi connectivity index (χ1v) is 7.67. The number of benzene rings is 1. The maximum atomic E-state index is 12.5. The first kappa shape index (κ1) is 13.6. The fourth-order valence-electron chi connectivity index (χ4n) is 2.56. The number of alkyl halides is 1. The average Bonchev–Trinajstić information content (AvgIpc) is 2.81. The molecule has 0 radical (unpaired) electrons. The second-order valence-electron chi connectivity index (χ2n) is 5.13. The van der Waals surface area contributed by atoms with Crippen molar-refractivity contribution in [1.29, 1.82) is 0 Å². The van der Waals surface area contributed by atoms with E-state index in [1.165, 1.54) is 5.56 Å². The van der Waals surface area contributed by atoms with Crippen molar-refractivity contribution >= 4 is 21.8 Å². The molecule has 1 heterocycles. The summed E-state index contributed by atoms with van der Waals surface area (Å²) in [4.78, 5) is 14.5. The van der Waals surface area contributed by atoms with E-state index in [1.807, 2.05) is 24.0 Å². The predicted molar refractivity (Wildman–Crippen MR) is 78.3 cm³/mol. The quantitative estimate of drug-likeness (QED) is 0.782. The van der Waals surface area contributed by atoms with Crippen molar-refractivity contribution in [2.24, 2.45) is 5.92 Å². The summed E-state index contributed by atoms with van der Waals surface area (Å²) in [5.41, 5.74) is 3.18. The second kappa shape index (κ2) is 5.87. The zero-order chi connectivity index (χ0) is 13.1. The molecule has 2 rings (SSSR count). The predicted octanol–water partition coefficient (Wildman–Crippen LogP) is 3.55. The topological polar surface area (TPSA) is 20.3 Å². The van der Waals surface area contributed by atoms with Gasteiger partial charge in [0.15, 0.2) is 0 Å². The minimum atomic E-state index is 0.202. The highest BCUT2D eigenvalue weighted by molar-refractivity contribution is 9.09. The second-order valence-corrected chi connectivity index (χ2v) is 5.92. The van der Waals surface area contributed by atoms with Crippen LogP contribution in [0, 0.1) is 19.8 Å². The minimum absolute atomic E-state index is 0.202. The Balaban J connectivity index is 2.11. The molecule has 0 N–H and O–H groups in total. The van der Waals surface area contributed by atoms with Gasteiger partial charge in [0.2, 0.25) is 0 Å². The number of likely N-dealkylation sites (tertiary alicyclic amines) is 1. The van der Waals surface area contributed by atoms with E-state index in [-0.39, 0.29) is 5.91 Å². The summed E-state index contributed by atoms with van der Waals surface area (Å²) in [6.07, 6.45) is 2.30. The van der Waals surface area contributed by atoms with Crippen molar-refractivity contribution in [3.05, 3.63) is 34.9 Å². The van der Waals surface area contributed by atoms with Crippen LogP contribution in [0.3, 0.4) is 0 Å². The smallest absolute Gasteiger partial charge is 0.254 e. The maximum absolute atomic E-state index is 12.5. The van der Waals surface area contributed by atoms with Gasteiger partial charge in [-0.3, -0.25) is 4.79 Å². The molecule has 1 aliphatic heterocycles. The molecule has 3 heteroatoms. The molecule has 98 valence electrons. The van der Waals surface area contributed by atoms with E-state index >= 15 is 0 Å². The first-order chi connectivity index (χ1) is 8.63. The molecule has 1 saturated heterocycles. The van der Waals surface area contributed by atoms with Crippen LogP contribution in [-0.2, 0) is 0 Å². The Labute approximate surface area is 117 Å². The highest BCUT2D eigenvalue weighted by atomic mass is 79.9. The average molecular weight is 310 g/mol. The van der Waals surface area contributed by atoms with Gasteiger partial charge in [0, 0.05) is 24.0 Å². The summed E-state index contributed by atoms with van der Waals surface area (Å²) in [7, 11) is 0. The third kappa shape index (κ3) is 2.77. The van der Waals surface area contributed by atoms with Crippen LogP contribution in [0.4, 0.5) is 0 Å². The number of amides is 1. The highest BCUT2D eigenvalue weighted by Gasteiger charge is 2.27. The summed E-state index contributed by atoms with van der Waals surface area (Å²) >= 11 is 3.48. The van der Waals surface area contributed by atoms with E-state index in [9.17, 15) is 4.79 Å². The lowest BCUT2D eigenvalue weighted by Gasteiger charge is -2.18. The number of hydrogen-bond donors (Lipinski definition) is 0. The van der Waals surface area contributed by atoms with Crippen LogP contribution in [-0.4, -0.2) is 29.2 Å². The molecule has 1 fully saturated rings. The van der Waals surface area contributed by atoms with E-state index in [1.54, 1.807) is 0 Å². The van der Waals surface area contributed by atoms with E-state index < -0.39 is 0 Å². The van der Waals surface area contributed by atoms with Gasteiger partial charge in [-0.15, -0.1) is 0 Å². The Morgan fingerprint density at radius 3 is 2.94 bits per heavy atom. The van der Waals surface area contributed by atoms with Crippen LogP contribution in [0.2, 0.25) is 0 Å². The van der Waals surface area contributed by atoms with Gasteiger partial charge in [0.1, 0.15) is 0 Å². The third-order valence-electron chi connectivity index (χ3n) is 3.93. The van der Waals surface area contributed by atoms with E-state index in [0.717, 1.165) is 42.4 Å². The Bertz CT molecular complexity index is 444. The van der Waals surface area contributed by atoms with Gasteiger partial charge in [-0.05, 0) is 49.8 Å². The molecular formula is C15H20BrNO. The van der Waals surface area contributed by atoms with Crippen LogP contribution in [0.5, 0.6) is 0 Å². The molecule has 1 aliphatic rings. The van der Waals surface area contributed by atoms with Crippen LogP contribution < -0.4 is 0 Å². The van der Waals surface area contributed by atoms with E-state index in [2.05, 4.69) is 28.9 Å². The lowest BCUT2D eigenvalue weighted by Crippen LogP contribution is -2.29. The summed E-state index contributed by atoms with van der Waals surface area (Å²) in [5, 5.41) is 1.03. The molecule has 2 nitrogen and oxygen atoms in total. The lowest BCUT2D eigenvalue weighted by atomic mass is 10.0. The molecule has 18 heavy (non-hydrogen) atoms. The van der Waals surface area contributed by atoms with Crippen molar-refractivity contribution in [3.63, 3.8) is 0 Å². The number of halogens is 1. The molecule has 0 aromatic heterocycles. The van der Waals surface area contributed by atoms with Crippen LogP contribution in [0.25, 0.3) is 0 Å². The number of aryl methyl sites for hydroxylation is 1. The molecule has 1 unspecified atom stereocenters. The Kier molecular flexibility index (Phi) is 4.44. The zero-order valence-electron chi connectivity index (χ0n) is 11.1. The van der Waals surface area contributed by atoms with Gasteiger partial charge in [0.25, 0.3) is 5.91 Å². The number of nitrogens with zero attached hydrogens (tertiary/aromatic N) is 1. The van der Waals surface area contributed by atoms with Crippen molar-refractivity contribution in [3.8, 4) is 0 Å². The fraction of sp³-hybridized carbons (Fsp3) is 0.533. The van der Waals surface area contributed by atoms with Crippen molar-refractivity contribution in [2.45, 2.75) is 26.7 Å². The summed E-state index contributed by atoms with van der Waals surface area (Å²) in [6, 6.07) is 5.98. The van der Waals surface area contributed by atoms with Gasteiger partial charge in [0.05, 0.1) is 0 Å². The Morgan fingerprint density at radius 2 is 2.22 bits per heavy atom. The summed E-state index contributed by atoms with van der Waals surface area (Å²) < 4.78 is 0. The molecule has 1 atom stereocenters. The molecular weight excluding hydrogens is 290 g/mol. The largest absolute Gasteiger partial charge is 0.338 e. The monoisotopic (exact) mass is 309 g/mol. The minimum Gasteiger partial charge on any atom is -0.338 e. The zero-order valence-corrected chi connectivity index (χ0v) is 12.7. The van der Waals surface area contributed by atoms with Gasteiger partial charge in [-0.1, -0.05) is 28.1 Å². The van der Waals surface area contributed by atoms with Gasteiger partial charge >= 0.3 is 0 Å².